The van der Waals surface area contributed by atoms with Crippen LogP contribution in [0.5, 0.6) is 5.75 Å². The Labute approximate surface area is 208 Å². The standard InChI is InChI=1S/C26H29N3O5S/c1-33-20-10-4-7-18(15-20)17-29(23(30)16-27-25(31)22-12-6-14-35-22)24(21-11-5-13-34-21)26(32)28-19-8-2-3-9-19/h4-7,10-15,19,24H,2-3,8-9,16-17H2,1H3,(H,27,31)(H,28,32). The second-order valence-corrected chi connectivity index (χ2v) is 9.39. The number of methoxy groups -OCH3 is 1. The van der Waals surface area contributed by atoms with E-state index in [9.17, 15) is 14.4 Å². The van der Waals surface area contributed by atoms with Crippen LogP contribution < -0.4 is 15.4 Å². The summed E-state index contributed by atoms with van der Waals surface area (Å²) in [5, 5.41) is 7.57. The molecular formula is C26H29N3O5S. The predicted molar refractivity (Wildman–Crippen MR) is 132 cm³/mol. The van der Waals surface area contributed by atoms with Crippen molar-refractivity contribution >= 4 is 29.1 Å². The van der Waals surface area contributed by atoms with Gasteiger partial charge in [-0.15, -0.1) is 11.3 Å². The van der Waals surface area contributed by atoms with Gasteiger partial charge in [0.25, 0.3) is 11.8 Å². The zero-order valence-electron chi connectivity index (χ0n) is 19.6. The molecule has 3 amide bonds. The van der Waals surface area contributed by atoms with Crippen molar-refractivity contribution in [3.63, 3.8) is 0 Å². The van der Waals surface area contributed by atoms with Crippen molar-refractivity contribution in [1.29, 1.82) is 0 Å². The first-order valence-corrected chi connectivity index (χ1v) is 12.5. The maximum Gasteiger partial charge on any atom is 0.261 e. The molecule has 2 N–H and O–H groups in total. The van der Waals surface area contributed by atoms with Crippen LogP contribution in [0.3, 0.4) is 0 Å². The molecule has 0 saturated heterocycles. The molecule has 9 heteroatoms. The fraction of sp³-hybridized carbons (Fsp3) is 0.346. The summed E-state index contributed by atoms with van der Waals surface area (Å²) in [6.45, 7) is -0.122. The first-order chi connectivity index (χ1) is 17.0. The molecule has 0 spiro atoms. The molecule has 8 nitrogen and oxygen atoms in total. The highest BCUT2D eigenvalue weighted by Gasteiger charge is 2.35. The zero-order valence-corrected chi connectivity index (χ0v) is 20.4. The number of hydrogen-bond acceptors (Lipinski definition) is 6. The smallest absolute Gasteiger partial charge is 0.261 e. The van der Waals surface area contributed by atoms with E-state index in [4.69, 9.17) is 9.15 Å². The Hall–Kier alpha value is -3.59. The van der Waals surface area contributed by atoms with Gasteiger partial charge >= 0.3 is 0 Å². The number of amides is 3. The van der Waals surface area contributed by atoms with Crippen LogP contribution in [-0.4, -0.2) is 42.3 Å². The van der Waals surface area contributed by atoms with E-state index < -0.39 is 11.9 Å². The fourth-order valence-electron chi connectivity index (χ4n) is 4.26. The van der Waals surface area contributed by atoms with Crippen LogP contribution in [0.25, 0.3) is 0 Å². The molecule has 1 aliphatic rings. The second-order valence-electron chi connectivity index (χ2n) is 8.44. The molecule has 0 radical (unpaired) electrons. The van der Waals surface area contributed by atoms with E-state index in [0.717, 1.165) is 31.2 Å². The van der Waals surface area contributed by atoms with Crippen molar-refractivity contribution in [1.82, 2.24) is 15.5 Å². The van der Waals surface area contributed by atoms with Gasteiger partial charge < -0.3 is 24.7 Å². The van der Waals surface area contributed by atoms with Crippen molar-refractivity contribution in [3.05, 3.63) is 76.4 Å². The number of ether oxygens (including phenoxy) is 1. The minimum atomic E-state index is -0.983. The number of nitrogens with zero attached hydrogens (tertiary/aromatic N) is 1. The van der Waals surface area contributed by atoms with Crippen molar-refractivity contribution in [3.8, 4) is 5.75 Å². The van der Waals surface area contributed by atoms with Crippen molar-refractivity contribution < 1.29 is 23.5 Å². The number of furan rings is 1. The lowest BCUT2D eigenvalue weighted by Crippen LogP contribution is -2.48. The summed E-state index contributed by atoms with van der Waals surface area (Å²) in [5.41, 5.74) is 0.785. The number of carbonyl (C=O) groups is 3. The fourth-order valence-corrected chi connectivity index (χ4v) is 4.90. The molecule has 1 atom stereocenters. The molecule has 1 aliphatic carbocycles. The summed E-state index contributed by atoms with van der Waals surface area (Å²) in [7, 11) is 1.57. The maximum atomic E-state index is 13.5. The molecule has 2 heterocycles. The van der Waals surface area contributed by atoms with Crippen LogP contribution >= 0.6 is 11.3 Å². The SMILES string of the molecule is COc1cccc(CN(C(=O)CNC(=O)c2cccs2)C(C(=O)NC2CCCC2)c2ccco2)c1. The average molecular weight is 496 g/mol. The first-order valence-electron chi connectivity index (χ1n) is 11.6. The molecule has 184 valence electrons. The molecule has 3 aromatic rings. The van der Waals surface area contributed by atoms with Gasteiger partial charge in [-0.2, -0.15) is 0 Å². The van der Waals surface area contributed by atoms with Gasteiger partial charge in [0.15, 0.2) is 6.04 Å². The molecule has 0 bridgehead atoms. The van der Waals surface area contributed by atoms with E-state index in [1.54, 1.807) is 36.8 Å². The highest BCUT2D eigenvalue weighted by Crippen LogP contribution is 2.27. The molecule has 35 heavy (non-hydrogen) atoms. The van der Waals surface area contributed by atoms with Crippen LogP contribution in [-0.2, 0) is 16.1 Å². The molecule has 1 unspecified atom stereocenters. The van der Waals surface area contributed by atoms with Crippen LogP contribution in [0.4, 0.5) is 0 Å². The van der Waals surface area contributed by atoms with Gasteiger partial charge in [-0.3, -0.25) is 14.4 Å². The normalized spacial score (nSPS) is 14.3. The highest BCUT2D eigenvalue weighted by molar-refractivity contribution is 7.12. The van der Waals surface area contributed by atoms with Gasteiger partial charge in [-0.05, 0) is 54.1 Å². The molecule has 1 fully saturated rings. The Morgan fingerprint density at radius 2 is 1.97 bits per heavy atom. The van der Waals surface area contributed by atoms with Crippen molar-refractivity contribution in [2.45, 2.75) is 44.3 Å². The summed E-state index contributed by atoms with van der Waals surface area (Å²) in [6, 6.07) is 13.3. The second kappa shape index (κ2) is 11.7. The van der Waals surface area contributed by atoms with Crippen molar-refractivity contribution in [2.24, 2.45) is 0 Å². The van der Waals surface area contributed by atoms with Gasteiger partial charge in [0.05, 0.1) is 24.8 Å². The lowest BCUT2D eigenvalue weighted by atomic mass is 10.1. The predicted octanol–water partition coefficient (Wildman–Crippen LogP) is 3.91. The molecule has 4 rings (SSSR count). The number of carbonyl (C=O) groups excluding carboxylic acids is 3. The topological polar surface area (TPSA) is 101 Å². The number of hydrogen-bond donors (Lipinski definition) is 2. The van der Waals surface area contributed by atoms with Gasteiger partial charge in [0, 0.05) is 12.6 Å². The molecular weight excluding hydrogens is 466 g/mol. The van der Waals surface area contributed by atoms with E-state index in [0.29, 0.717) is 16.4 Å². The van der Waals surface area contributed by atoms with Gasteiger partial charge in [0.1, 0.15) is 11.5 Å². The maximum absolute atomic E-state index is 13.5. The quantitative estimate of drug-likeness (QED) is 0.444. The lowest BCUT2D eigenvalue weighted by molar-refractivity contribution is -0.141. The van der Waals surface area contributed by atoms with E-state index in [-0.39, 0.29) is 30.9 Å². The molecule has 2 aromatic heterocycles. The van der Waals surface area contributed by atoms with Gasteiger partial charge in [-0.1, -0.05) is 31.0 Å². The third-order valence-electron chi connectivity index (χ3n) is 6.03. The molecule has 0 aliphatic heterocycles. The number of rotatable bonds is 10. The van der Waals surface area contributed by atoms with Crippen LogP contribution in [0.1, 0.15) is 52.7 Å². The average Bonchev–Trinajstić information content (AvgIpc) is 3.66. The van der Waals surface area contributed by atoms with Crippen LogP contribution in [0, 0.1) is 0 Å². The largest absolute Gasteiger partial charge is 0.497 e. The minimum Gasteiger partial charge on any atom is -0.497 e. The highest BCUT2D eigenvalue weighted by atomic mass is 32.1. The Bertz CT molecular complexity index is 1120. The zero-order chi connectivity index (χ0) is 24.6. The summed E-state index contributed by atoms with van der Waals surface area (Å²) in [4.78, 5) is 41.4. The third kappa shape index (κ3) is 6.30. The summed E-state index contributed by atoms with van der Waals surface area (Å²) >= 11 is 1.29. The third-order valence-corrected chi connectivity index (χ3v) is 6.90. The monoisotopic (exact) mass is 495 g/mol. The Morgan fingerprint density at radius 1 is 1.14 bits per heavy atom. The molecule has 1 saturated carbocycles. The minimum absolute atomic E-state index is 0.0762. The van der Waals surface area contributed by atoms with Crippen LogP contribution in [0.2, 0.25) is 0 Å². The molecule has 1 aromatic carbocycles. The lowest BCUT2D eigenvalue weighted by Gasteiger charge is -2.31. The van der Waals surface area contributed by atoms with Gasteiger partial charge in [0.2, 0.25) is 5.91 Å². The van der Waals surface area contributed by atoms with Crippen LogP contribution in [0.15, 0.2) is 64.6 Å². The summed E-state index contributed by atoms with van der Waals surface area (Å²) < 4.78 is 10.9. The van der Waals surface area contributed by atoms with Gasteiger partial charge in [-0.25, -0.2) is 0 Å². The van der Waals surface area contributed by atoms with E-state index in [1.807, 2.05) is 24.3 Å². The Morgan fingerprint density at radius 3 is 2.66 bits per heavy atom. The summed E-state index contributed by atoms with van der Waals surface area (Å²) in [6.07, 6.45) is 5.45. The van der Waals surface area contributed by atoms with E-state index in [2.05, 4.69) is 10.6 Å². The summed E-state index contributed by atoms with van der Waals surface area (Å²) in [5.74, 6) is -0.0276. The Balaban J connectivity index is 1.60. The first kappa shape index (κ1) is 24.5. The van der Waals surface area contributed by atoms with E-state index in [1.165, 1.54) is 22.5 Å². The number of nitrogens with one attached hydrogen (secondary N) is 2. The number of thiophene rings is 1. The number of benzene rings is 1. The van der Waals surface area contributed by atoms with Crippen molar-refractivity contribution in [2.75, 3.05) is 13.7 Å². The van der Waals surface area contributed by atoms with E-state index >= 15 is 0 Å². The Kier molecular flexibility index (Phi) is 8.20.